The van der Waals surface area contributed by atoms with Crippen LogP contribution in [0.4, 0.5) is 5.82 Å². The van der Waals surface area contributed by atoms with Crippen LogP contribution in [0.15, 0.2) is 12.1 Å². The van der Waals surface area contributed by atoms with E-state index in [1.54, 1.807) is 11.0 Å². The van der Waals surface area contributed by atoms with E-state index in [1.807, 2.05) is 13.0 Å². The van der Waals surface area contributed by atoms with Gasteiger partial charge in [0.15, 0.2) is 11.5 Å². The lowest BCUT2D eigenvalue weighted by molar-refractivity contribution is -0.149. The highest BCUT2D eigenvalue weighted by molar-refractivity contribution is 5.92. The van der Waals surface area contributed by atoms with Gasteiger partial charge in [0.25, 0.3) is 5.91 Å². The number of hydrogen-bond donors (Lipinski definition) is 0. The van der Waals surface area contributed by atoms with Crippen molar-refractivity contribution in [1.29, 1.82) is 0 Å². The Hall–Kier alpha value is -2.18. The Morgan fingerprint density at radius 1 is 1.08 bits per heavy atom. The Morgan fingerprint density at radius 2 is 1.80 bits per heavy atom. The van der Waals surface area contributed by atoms with Crippen molar-refractivity contribution < 1.29 is 14.3 Å². The summed E-state index contributed by atoms with van der Waals surface area (Å²) >= 11 is 0. The minimum absolute atomic E-state index is 0.100. The summed E-state index contributed by atoms with van der Waals surface area (Å²) in [6.45, 7) is 5.32. The molecule has 7 nitrogen and oxygen atoms in total. The number of likely N-dealkylation sites (tertiary alicyclic amines) is 1. The molecule has 0 bridgehead atoms. The summed E-state index contributed by atoms with van der Waals surface area (Å²) in [5.41, 5.74) is 0.371. The van der Waals surface area contributed by atoms with Crippen LogP contribution in [0.2, 0.25) is 0 Å². The number of aromatic nitrogens is 2. The maximum Gasteiger partial charge on any atom is 0.309 e. The van der Waals surface area contributed by atoms with Gasteiger partial charge in [0, 0.05) is 26.2 Å². The number of anilines is 1. The zero-order valence-corrected chi connectivity index (χ0v) is 14.8. The van der Waals surface area contributed by atoms with Crippen molar-refractivity contribution in [2.24, 2.45) is 5.92 Å². The molecule has 7 heteroatoms. The lowest BCUT2D eigenvalue weighted by Crippen LogP contribution is -2.41. The van der Waals surface area contributed by atoms with Gasteiger partial charge in [-0.25, -0.2) is 0 Å². The van der Waals surface area contributed by atoms with E-state index in [0.29, 0.717) is 38.2 Å². The number of hydrogen-bond acceptors (Lipinski definition) is 6. The predicted molar refractivity (Wildman–Crippen MR) is 93.4 cm³/mol. The molecule has 2 saturated heterocycles. The number of amides is 1. The fourth-order valence-corrected chi connectivity index (χ4v) is 3.47. The summed E-state index contributed by atoms with van der Waals surface area (Å²) in [4.78, 5) is 28.3. The molecule has 0 aliphatic carbocycles. The van der Waals surface area contributed by atoms with E-state index in [2.05, 4.69) is 15.1 Å². The van der Waals surface area contributed by atoms with E-state index in [9.17, 15) is 9.59 Å². The summed E-state index contributed by atoms with van der Waals surface area (Å²) in [6, 6.07) is 3.65. The highest BCUT2D eigenvalue weighted by atomic mass is 16.5. The first kappa shape index (κ1) is 17.6. The second kappa shape index (κ2) is 8.27. The molecule has 3 heterocycles. The molecule has 2 aliphatic heterocycles. The monoisotopic (exact) mass is 346 g/mol. The van der Waals surface area contributed by atoms with Crippen LogP contribution in [0, 0.1) is 5.92 Å². The molecular formula is C18H26N4O3. The second-order valence-corrected chi connectivity index (χ2v) is 6.64. The number of esters is 1. The molecule has 0 unspecified atom stereocenters. The minimum atomic E-state index is -0.153. The molecule has 0 radical (unpaired) electrons. The molecule has 0 N–H and O–H groups in total. The quantitative estimate of drug-likeness (QED) is 0.775. The summed E-state index contributed by atoms with van der Waals surface area (Å²) in [6.07, 6.45) is 4.91. The fraction of sp³-hybridized carbons (Fsp3) is 0.667. The van der Waals surface area contributed by atoms with Crippen LogP contribution in [-0.4, -0.2) is 59.8 Å². The Bertz CT molecular complexity index is 591. The number of nitrogens with zero attached hydrogens (tertiary/aromatic N) is 4. The molecule has 136 valence electrons. The first-order chi connectivity index (χ1) is 12.2. The topological polar surface area (TPSA) is 75.6 Å². The molecule has 0 atom stereocenters. The smallest absolute Gasteiger partial charge is 0.309 e. The van der Waals surface area contributed by atoms with Crippen LogP contribution in [0.25, 0.3) is 0 Å². The van der Waals surface area contributed by atoms with Crippen molar-refractivity contribution in [3.63, 3.8) is 0 Å². The Morgan fingerprint density at radius 3 is 2.40 bits per heavy atom. The van der Waals surface area contributed by atoms with Gasteiger partial charge in [-0.15, -0.1) is 10.2 Å². The zero-order valence-electron chi connectivity index (χ0n) is 14.8. The third-order valence-electron chi connectivity index (χ3n) is 4.95. The van der Waals surface area contributed by atoms with Crippen molar-refractivity contribution in [2.45, 2.75) is 39.0 Å². The predicted octanol–water partition coefficient (Wildman–Crippen LogP) is 1.88. The van der Waals surface area contributed by atoms with Gasteiger partial charge in [-0.05, 0) is 51.2 Å². The van der Waals surface area contributed by atoms with Crippen molar-refractivity contribution >= 4 is 17.7 Å². The Kier molecular flexibility index (Phi) is 5.83. The molecule has 25 heavy (non-hydrogen) atoms. The van der Waals surface area contributed by atoms with Crippen LogP contribution >= 0.6 is 0 Å². The number of rotatable bonds is 4. The molecule has 0 spiro atoms. The van der Waals surface area contributed by atoms with Crippen molar-refractivity contribution in [3.05, 3.63) is 17.8 Å². The highest BCUT2D eigenvalue weighted by Gasteiger charge is 2.29. The molecule has 1 aromatic heterocycles. The maximum atomic E-state index is 12.6. The van der Waals surface area contributed by atoms with Crippen LogP contribution in [0.5, 0.6) is 0 Å². The lowest BCUT2D eigenvalue weighted by Gasteiger charge is -2.30. The van der Waals surface area contributed by atoms with Gasteiger partial charge >= 0.3 is 5.97 Å². The van der Waals surface area contributed by atoms with Crippen molar-refractivity contribution in [1.82, 2.24) is 15.1 Å². The van der Waals surface area contributed by atoms with E-state index in [1.165, 1.54) is 19.3 Å². The highest BCUT2D eigenvalue weighted by Crippen LogP contribution is 2.21. The number of carbonyl (C=O) groups excluding carboxylic acids is 2. The minimum Gasteiger partial charge on any atom is -0.466 e. The molecule has 3 rings (SSSR count). The first-order valence-corrected chi connectivity index (χ1v) is 9.23. The molecule has 1 aromatic rings. The van der Waals surface area contributed by atoms with Crippen LogP contribution in [0.3, 0.4) is 0 Å². The summed E-state index contributed by atoms with van der Waals surface area (Å²) in [7, 11) is 0. The molecule has 2 fully saturated rings. The number of piperidine rings is 2. The largest absolute Gasteiger partial charge is 0.466 e. The fourth-order valence-electron chi connectivity index (χ4n) is 3.47. The van der Waals surface area contributed by atoms with Gasteiger partial charge in [-0.2, -0.15) is 0 Å². The Balaban J connectivity index is 1.55. The number of ether oxygens (including phenoxy) is 1. The average Bonchev–Trinajstić information content (AvgIpc) is 2.68. The maximum absolute atomic E-state index is 12.6. The summed E-state index contributed by atoms with van der Waals surface area (Å²) < 4.78 is 5.06. The van der Waals surface area contributed by atoms with Gasteiger partial charge in [-0.1, -0.05) is 0 Å². The molecule has 2 aliphatic rings. The summed E-state index contributed by atoms with van der Waals surface area (Å²) in [5, 5.41) is 8.38. The van der Waals surface area contributed by atoms with Crippen LogP contribution in [0.1, 0.15) is 49.5 Å². The van der Waals surface area contributed by atoms with Crippen LogP contribution in [-0.2, 0) is 9.53 Å². The van der Waals surface area contributed by atoms with E-state index >= 15 is 0 Å². The zero-order chi connectivity index (χ0) is 17.6. The third kappa shape index (κ3) is 4.27. The third-order valence-corrected chi connectivity index (χ3v) is 4.95. The van der Waals surface area contributed by atoms with Gasteiger partial charge in [-0.3, -0.25) is 9.59 Å². The van der Waals surface area contributed by atoms with Gasteiger partial charge in [0.2, 0.25) is 0 Å². The molecule has 0 saturated carbocycles. The van der Waals surface area contributed by atoms with E-state index in [0.717, 1.165) is 18.9 Å². The Labute approximate surface area is 148 Å². The average molecular weight is 346 g/mol. The first-order valence-electron chi connectivity index (χ1n) is 9.23. The SMILES string of the molecule is CCOC(=O)C1CCN(C(=O)c2ccc(N3CCCCC3)nn2)CC1. The molecular weight excluding hydrogens is 320 g/mol. The van der Waals surface area contributed by atoms with E-state index in [4.69, 9.17) is 4.74 Å². The number of carbonyl (C=O) groups is 2. The van der Waals surface area contributed by atoms with Crippen LogP contribution < -0.4 is 4.90 Å². The van der Waals surface area contributed by atoms with E-state index in [-0.39, 0.29) is 17.8 Å². The standard InChI is InChI=1S/C18H26N4O3/c1-2-25-18(24)14-8-12-22(13-9-14)17(23)15-6-7-16(20-19-15)21-10-4-3-5-11-21/h6-7,14H,2-5,8-13H2,1H3. The normalized spacial score (nSPS) is 18.9. The van der Waals surface area contributed by atoms with Crippen molar-refractivity contribution in [3.8, 4) is 0 Å². The second-order valence-electron chi connectivity index (χ2n) is 6.64. The van der Waals surface area contributed by atoms with E-state index < -0.39 is 0 Å². The van der Waals surface area contributed by atoms with Gasteiger partial charge < -0.3 is 14.5 Å². The lowest BCUT2D eigenvalue weighted by atomic mass is 9.97. The molecule has 1 amide bonds. The molecule has 0 aromatic carbocycles. The van der Waals surface area contributed by atoms with Gasteiger partial charge in [0.1, 0.15) is 0 Å². The van der Waals surface area contributed by atoms with Gasteiger partial charge in [0.05, 0.1) is 12.5 Å². The van der Waals surface area contributed by atoms with Crippen molar-refractivity contribution in [2.75, 3.05) is 37.7 Å². The summed E-state index contributed by atoms with van der Waals surface area (Å²) in [5.74, 6) is 0.481.